The maximum Gasteiger partial charge on any atom is 0.237 e. The van der Waals surface area contributed by atoms with Gasteiger partial charge in [-0.2, -0.15) is 0 Å². The van der Waals surface area contributed by atoms with Crippen molar-refractivity contribution in [2.45, 2.75) is 18.6 Å². The van der Waals surface area contributed by atoms with Crippen LogP contribution in [0.3, 0.4) is 0 Å². The van der Waals surface area contributed by atoms with Gasteiger partial charge < -0.3 is 20.5 Å². The number of carbonyl (C=O) groups is 1. The number of nitrogens with one attached hydrogen (secondary N) is 2. The van der Waals surface area contributed by atoms with Crippen molar-refractivity contribution in [3.05, 3.63) is 12.2 Å². The second kappa shape index (κ2) is 5.85. The van der Waals surface area contributed by atoms with Crippen LogP contribution in [-0.2, 0) is 9.53 Å². The second-order valence-electron chi connectivity index (χ2n) is 3.75. The Morgan fingerprint density at radius 1 is 1.73 bits per heavy atom. The van der Waals surface area contributed by atoms with E-state index in [1.165, 1.54) is 0 Å². The maximum absolute atomic E-state index is 11.5. The first-order valence-electron chi connectivity index (χ1n) is 4.98. The highest BCUT2D eigenvalue weighted by Crippen LogP contribution is 2.05. The number of aliphatic hydroxyl groups is 1. The zero-order chi connectivity index (χ0) is 11.3. The van der Waals surface area contributed by atoms with Crippen molar-refractivity contribution in [2.75, 3.05) is 26.8 Å². The highest BCUT2D eigenvalue weighted by molar-refractivity contribution is 5.82. The predicted octanol–water partition coefficient (Wildman–Crippen LogP) is -0.972. The largest absolute Gasteiger partial charge is 0.392 e. The molecule has 0 bridgehead atoms. The van der Waals surface area contributed by atoms with E-state index in [0.717, 1.165) is 5.57 Å². The molecule has 15 heavy (non-hydrogen) atoms. The molecule has 1 fully saturated rings. The number of hydrogen-bond donors (Lipinski definition) is 3. The molecular weight excluding hydrogens is 196 g/mol. The second-order valence-corrected chi connectivity index (χ2v) is 3.75. The Labute approximate surface area is 89.5 Å². The van der Waals surface area contributed by atoms with Crippen LogP contribution in [0.4, 0.5) is 0 Å². The normalized spacial score (nSPS) is 25.2. The van der Waals surface area contributed by atoms with Crippen molar-refractivity contribution in [3.63, 3.8) is 0 Å². The monoisotopic (exact) mass is 214 g/mol. The summed E-state index contributed by atoms with van der Waals surface area (Å²) < 4.78 is 4.87. The van der Waals surface area contributed by atoms with Crippen LogP contribution in [0.15, 0.2) is 12.2 Å². The SMILES string of the molecule is C=C(CNC(=O)C1CC(O)CN1)COC. The van der Waals surface area contributed by atoms with Gasteiger partial charge in [-0.15, -0.1) is 0 Å². The number of carbonyl (C=O) groups excluding carboxylic acids is 1. The molecule has 3 N–H and O–H groups in total. The summed E-state index contributed by atoms with van der Waals surface area (Å²) in [6.07, 6.45) is 0.0608. The number of ether oxygens (including phenoxy) is 1. The van der Waals surface area contributed by atoms with E-state index in [1.54, 1.807) is 7.11 Å². The van der Waals surface area contributed by atoms with Crippen LogP contribution in [0.25, 0.3) is 0 Å². The van der Waals surface area contributed by atoms with Gasteiger partial charge in [0, 0.05) is 20.2 Å². The summed E-state index contributed by atoms with van der Waals surface area (Å²) in [4.78, 5) is 11.5. The average molecular weight is 214 g/mol. The van der Waals surface area contributed by atoms with E-state index < -0.39 is 6.10 Å². The van der Waals surface area contributed by atoms with Gasteiger partial charge in [-0.3, -0.25) is 4.79 Å². The molecule has 1 aliphatic rings. The molecule has 0 spiro atoms. The summed E-state index contributed by atoms with van der Waals surface area (Å²) in [5, 5.41) is 14.9. The Balaban J connectivity index is 2.21. The van der Waals surface area contributed by atoms with Crippen LogP contribution in [0.5, 0.6) is 0 Å². The fraction of sp³-hybridized carbons (Fsp3) is 0.700. The van der Waals surface area contributed by atoms with Crippen molar-refractivity contribution in [2.24, 2.45) is 0 Å². The zero-order valence-electron chi connectivity index (χ0n) is 8.95. The standard InChI is InChI=1S/C10H18N2O3/c1-7(6-15-2)4-12-10(14)9-3-8(13)5-11-9/h8-9,11,13H,1,3-6H2,2H3,(H,12,14). The number of aliphatic hydroxyl groups excluding tert-OH is 1. The minimum absolute atomic E-state index is 0.0937. The van der Waals surface area contributed by atoms with E-state index in [1.807, 2.05) is 0 Å². The van der Waals surface area contributed by atoms with Crippen molar-refractivity contribution < 1.29 is 14.6 Å². The molecule has 86 valence electrons. The minimum Gasteiger partial charge on any atom is -0.392 e. The van der Waals surface area contributed by atoms with Crippen LogP contribution in [-0.4, -0.2) is 50.0 Å². The van der Waals surface area contributed by atoms with Gasteiger partial charge in [-0.1, -0.05) is 6.58 Å². The van der Waals surface area contributed by atoms with Crippen LogP contribution in [0, 0.1) is 0 Å². The van der Waals surface area contributed by atoms with E-state index in [2.05, 4.69) is 17.2 Å². The molecule has 0 aromatic carbocycles. The smallest absolute Gasteiger partial charge is 0.237 e. The average Bonchev–Trinajstić information content (AvgIpc) is 2.62. The molecule has 0 aromatic heterocycles. The van der Waals surface area contributed by atoms with Crippen LogP contribution in [0.1, 0.15) is 6.42 Å². The van der Waals surface area contributed by atoms with Crippen molar-refractivity contribution in [1.29, 1.82) is 0 Å². The van der Waals surface area contributed by atoms with E-state index >= 15 is 0 Å². The summed E-state index contributed by atoms with van der Waals surface area (Å²) >= 11 is 0. The summed E-state index contributed by atoms with van der Waals surface area (Å²) in [7, 11) is 1.59. The maximum atomic E-state index is 11.5. The molecule has 2 atom stereocenters. The highest BCUT2D eigenvalue weighted by atomic mass is 16.5. The first kappa shape index (κ1) is 12.2. The first-order chi connectivity index (χ1) is 7.13. The number of hydrogen-bond acceptors (Lipinski definition) is 4. The van der Waals surface area contributed by atoms with Crippen molar-refractivity contribution in [1.82, 2.24) is 10.6 Å². The third-order valence-corrected chi connectivity index (χ3v) is 2.29. The molecule has 1 rings (SSSR count). The minimum atomic E-state index is -0.414. The molecule has 2 unspecified atom stereocenters. The third-order valence-electron chi connectivity index (χ3n) is 2.29. The zero-order valence-corrected chi connectivity index (χ0v) is 8.95. The van der Waals surface area contributed by atoms with Gasteiger partial charge in [0.15, 0.2) is 0 Å². The Hall–Kier alpha value is -0.910. The summed E-state index contributed by atoms with van der Waals surface area (Å²) in [6, 6.07) is -0.282. The molecule has 5 nitrogen and oxygen atoms in total. The number of rotatable bonds is 5. The molecule has 0 radical (unpaired) electrons. The molecular formula is C10H18N2O3. The van der Waals surface area contributed by atoms with Gasteiger partial charge in [-0.05, 0) is 12.0 Å². The van der Waals surface area contributed by atoms with Gasteiger partial charge in [-0.25, -0.2) is 0 Å². The number of β-amino-alcohol motifs (C(OH)–C–C–N with tert-alkyl or cyclic N) is 1. The van der Waals surface area contributed by atoms with E-state index in [4.69, 9.17) is 4.74 Å². The lowest BCUT2D eigenvalue weighted by atomic mass is 10.2. The Morgan fingerprint density at radius 3 is 3.00 bits per heavy atom. The number of amides is 1. The van der Waals surface area contributed by atoms with Crippen LogP contribution >= 0.6 is 0 Å². The molecule has 1 heterocycles. The predicted molar refractivity (Wildman–Crippen MR) is 56.4 cm³/mol. The third kappa shape index (κ3) is 3.99. The molecule has 0 aliphatic carbocycles. The van der Waals surface area contributed by atoms with Gasteiger partial charge in [0.05, 0.1) is 18.8 Å². The van der Waals surface area contributed by atoms with Crippen LogP contribution in [0.2, 0.25) is 0 Å². The van der Waals surface area contributed by atoms with E-state index in [9.17, 15) is 9.90 Å². The first-order valence-corrected chi connectivity index (χ1v) is 4.98. The molecule has 1 saturated heterocycles. The summed E-state index contributed by atoms with van der Waals surface area (Å²) in [5.74, 6) is -0.0937. The Morgan fingerprint density at radius 2 is 2.47 bits per heavy atom. The summed E-state index contributed by atoms with van der Waals surface area (Å²) in [5.41, 5.74) is 0.824. The molecule has 1 aliphatic heterocycles. The van der Waals surface area contributed by atoms with Crippen molar-refractivity contribution in [3.8, 4) is 0 Å². The lowest BCUT2D eigenvalue weighted by Gasteiger charge is -2.11. The molecule has 0 saturated carbocycles. The van der Waals surface area contributed by atoms with E-state index in [-0.39, 0.29) is 11.9 Å². The Bertz CT molecular complexity index is 243. The van der Waals surface area contributed by atoms with Gasteiger partial charge >= 0.3 is 0 Å². The lowest BCUT2D eigenvalue weighted by Crippen LogP contribution is -2.41. The highest BCUT2D eigenvalue weighted by Gasteiger charge is 2.27. The molecule has 0 aromatic rings. The Kier molecular flexibility index (Phi) is 4.74. The number of methoxy groups -OCH3 is 1. The van der Waals surface area contributed by atoms with Crippen LogP contribution < -0.4 is 10.6 Å². The molecule has 1 amide bonds. The quantitative estimate of drug-likeness (QED) is 0.515. The topological polar surface area (TPSA) is 70.6 Å². The van der Waals surface area contributed by atoms with Gasteiger partial charge in [0.25, 0.3) is 0 Å². The lowest BCUT2D eigenvalue weighted by molar-refractivity contribution is -0.122. The van der Waals surface area contributed by atoms with Crippen molar-refractivity contribution >= 4 is 5.91 Å². The molecule has 5 heteroatoms. The van der Waals surface area contributed by atoms with E-state index in [0.29, 0.717) is 26.1 Å². The fourth-order valence-corrected chi connectivity index (χ4v) is 1.51. The van der Waals surface area contributed by atoms with Gasteiger partial charge in [0.2, 0.25) is 5.91 Å². The summed E-state index contributed by atoms with van der Waals surface area (Å²) in [6.45, 7) is 5.09. The van der Waals surface area contributed by atoms with Gasteiger partial charge in [0.1, 0.15) is 0 Å². The fourth-order valence-electron chi connectivity index (χ4n) is 1.51.